The Kier molecular flexibility index (Phi) is 6.15. The minimum Gasteiger partial charge on any atom is -0.207 e. The van der Waals surface area contributed by atoms with Gasteiger partial charge >= 0.3 is 0 Å². The SMILES string of the molecule is CCCCC1CCC(C(Br)c2cc(F)c(F)cc2F)CC1. The first-order valence-electron chi connectivity index (χ1n) is 7.81. The fourth-order valence-electron chi connectivity index (χ4n) is 3.27. The molecule has 1 aromatic carbocycles. The molecule has 1 unspecified atom stereocenters. The van der Waals surface area contributed by atoms with Crippen molar-refractivity contribution in [2.24, 2.45) is 11.8 Å². The zero-order valence-electron chi connectivity index (χ0n) is 12.3. The molecule has 0 saturated heterocycles. The molecule has 0 aromatic heterocycles. The Bertz CT molecular complexity index is 467. The predicted molar refractivity (Wildman–Crippen MR) is 83.0 cm³/mol. The predicted octanol–water partition coefficient (Wildman–Crippen LogP) is 6.54. The highest BCUT2D eigenvalue weighted by molar-refractivity contribution is 9.09. The second kappa shape index (κ2) is 7.66. The molecule has 1 saturated carbocycles. The highest BCUT2D eigenvalue weighted by atomic mass is 79.9. The Labute approximate surface area is 133 Å². The molecule has 1 aliphatic rings. The lowest BCUT2D eigenvalue weighted by molar-refractivity contribution is 0.256. The summed E-state index contributed by atoms with van der Waals surface area (Å²) in [6, 6.07) is 1.64. The van der Waals surface area contributed by atoms with Crippen LogP contribution >= 0.6 is 15.9 Å². The van der Waals surface area contributed by atoms with E-state index in [1.807, 2.05) is 0 Å². The van der Waals surface area contributed by atoms with Crippen molar-refractivity contribution in [2.45, 2.75) is 56.7 Å². The monoisotopic (exact) mass is 362 g/mol. The molecule has 0 radical (unpaired) electrons. The van der Waals surface area contributed by atoms with Crippen molar-refractivity contribution in [3.05, 3.63) is 35.1 Å². The van der Waals surface area contributed by atoms with E-state index in [9.17, 15) is 13.2 Å². The van der Waals surface area contributed by atoms with Gasteiger partial charge in [0.15, 0.2) is 11.6 Å². The molecule has 0 spiro atoms. The third kappa shape index (κ3) is 4.24. The van der Waals surface area contributed by atoms with Crippen molar-refractivity contribution in [2.75, 3.05) is 0 Å². The number of benzene rings is 1. The van der Waals surface area contributed by atoms with Crippen molar-refractivity contribution in [1.29, 1.82) is 0 Å². The Hall–Kier alpha value is -0.510. The van der Waals surface area contributed by atoms with Crippen molar-refractivity contribution in [3.8, 4) is 0 Å². The molecule has 21 heavy (non-hydrogen) atoms. The Morgan fingerprint density at radius 1 is 1.05 bits per heavy atom. The fraction of sp³-hybridized carbons (Fsp3) is 0.647. The minimum atomic E-state index is -1.13. The summed E-state index contributed by atoms with van der Waals surface area (Å²) in [6.07, 6.45) is 8.10. The average Bonchev–Trinajstić information content (AvgIpc) is 2.48. The van der Waals surface area contributed by atoms with E-state index in [2.05, 4.69) is 22.9 Å². The smallest absolute Gasteiger partial charge is 0.161 e. The molecule has 118 valence electrons. The van der Waals surface area contributed by atoms with Gasteiger partial charge in [0.2, 0.25) is 0 Å². The van der Waals surface area contributed by atoms with Gasteiger partial charge in [-0.05, 0) is 30.7 Å². The third-order valence-electron chi connectivity index (χ3n) is 4.61. The van der Waals surface area contributed by atoms with E-state index in [-0.39, 0.29) is 10.4 Å². The van der Waals surface area contributed by atoms with Crippen LogP contribution in [0.5, 0.6) is 0 Å². The maximum atomic E-state index is 13.8. The summed E-state index contributed by atoms with van der Waals surface area (Å²) in [7, 11) is 0. The van der Waals surface area contributed by atoms with Gasteiger partial charge in [0.05, 0.1) is 0 Å². The van der Waals surface area contributed by atoms with Gasteiger partial charge in [0, 0.05) is 16.5 Å². The first kappa shape index (κ1) is 16.9. The Morgan fingerprint density at radius 2 is 1.67 bits per heavy atom. The molecule has 1 fully saturated rings. The van der Waals surface area contributed by atoms with Gasteiger partial charge in [-0.2, -0.15) is 0 Å². The molecule has 0 bridgehead atoms. The first-order valence-corrected chi connectivity index (χ1v) is 8.73. The van der Waals surface area contributed by atoms with Gasteiger partial charge in [-0.25, -0.2) is 13.2 Å². The molecule has 0 heterocycles. The van der Waals surface area contributed by atoms with Gasteiger partial charge in [0.25, 0.3) is 0 Å². The maximum Gasteiger partial charge on any atom is 0.161 e. The summed E-state index contributed by atoms with van der Waals surface area (Å²) >= 11 is 3.50. The van der Waals surface area contributed by atoms with E-state index < -0.39 is 17.5 Å². The van der Waals surface area contributed by atoms with Crippen molar-refractivity contribution >= 4 is 15.9 Å². The van der Waals surface area contributed by atoms with Crippen LogP contribution in [-0.2, 0) is 0 Å². The van der Waals surface area contributed by atoms with Crippen LogP contribution in [-0.4, -0.2) is 0 Å². The standard InChI is InChI=1S/C17H22BrF3/c1-2-3-4-11-5-7-12(8-6-11)17(18)13-9-15(20)16(21)10-14(13)19/h9-12,17H,2-8H2,1H3. The van der Waals surface area contributed by atoms with Crippen LogP contribution in [0.1, 0.15) is 62.3 Å². The summed E-state index contributed by atoms with van der Waals surface area (Å²) in [5.74, 6) is -1.70. The van der Waals surface area contributed by atoms with Gasteiger partial charge in [-0.1, -0.05) is 55.0 Å². The molecule has 1 atom stereocenters. The zero-order chi connectivity index (χ0) is 15.4. The molecule has 4 heteroatoms. The Morgan fingerprint density at radius 3 is 2.29 bits per heavy atom. The van der Waals surface area contributed by atoms with Crippen LogP contribution < -0.4 is 0 Å². The van der Waals surface area contributed by atoms with Crippen LogP contribution in [0.4, 0.5) is 13.2 Å². The normalized spacial score (nSPS) is 24.0. The van der Waals surface area contributed by atoms with Crippen LogP contribution in [0.15, 0.2) is 12.1 Å². The molecule has 0 nitrogen and oxygen atoms in total. The second-order valence-corrected chi connectivity index (χ2v) is 7.10. The van der Waals surface area contributed by atoms with Crippen LogP contribution in [0.2, 0.25) is 0 Å². The number of hydrogen-bond acceptors (Lipinski definition) is 0. The number of alkyl halides is 1. The molecule has 1 aromatic rings. The van der Waals surface area contributed by atoms with E-state index in [4.69, 9.17) is 0 Å². The molecular weight excluding hydrogens is 341 g/mol. The van der Waals surface area contributed by atoms with E-state index in [1.54, 1.807) is 0 Å². The molecule has 2 rings (SSSR count). The lowest BCUT2D eigenvalue weighted by Crippen LogP contribution is -2.18. The highest BCUT2D eigenvalue weighted by Crippen LogP contribution is 2.43. The number of hydrogen-bond donors (Lipinski definition) is 0. The number of halogens is 4. The maximum absolute atomic E-state index is 13.8. The quantitative estimate of drug-likeness (QED) is 0.412. The average molecular weight is 363 g/mol. The molecule has 0 amide bonds. The van der Waals surface area contributed by atoms with Crippen molar-refractivity contribution in [1.82, 2.24) is 0 Å². The van der Waals surface area contributed by atoms with Crippen LogP contribution in [0.3, 0.4) is 0 Å². The van der Waals surface area contributed by atoms with Gasteiger partial charge in [0.1, 0.15) is 5.82 Å². The summed E-state index contributed by atoms with van der Waals surface area (Å²) in [6.45, 7) is 2.20. The van der Waals surface area contributed by atoms with Crippen LogP contribution in [0.25, 0.3) is 0 Å². The summed E-state index contributed by atoms with van der Waals surface area (Å²) in [4.78, 5) is -0.236. The summed E-state index contributed by atoms with van der Waals surface area (Å²) in [5, 5.41) is 0. The highest BCUT2D eigenvalue weighted by Gasteiger charge is 2.29. The van der Waals surface area contributed by atoms with Gasteiger partial charge in [-0.3, -0.25) is 0 Å². The zero-order valence-corrected chi connectivity index (χ0v) is 13.9. The van der Waals surface area contributed by atoms with Gasteiger partial charge < -0.3 is 0 Å². The third-order valence-corrected chi connectivity index (χ3v) is 5.85. The lowest BCUT2D eigenvalue weighted by atomic mass is 9.77. The van der Waals surface area contributed by atoms with Gasteiger partial charge in [-0.15, -0.1) is 0 Å². The molecule has 0 N–H and O–H groups in total. The Balaban J connectivity index is 1.99. The summed E-state index contributed by atoms with van der Waals surface area (Å²) < 4.78 is 40.2. The van der Waals surface area contributed by atoms with E-state index in [1.165, 1.54) is 19.3 Å². The fourth-order valence-corrected chi connectivity index (χ4v) is 4.15. The molecular formula is C17H22BrF3. The lowest BCUT2D eigenvalue weighted by Gasteiger charge is -2.31. The minimum absolute atomic E-state index is 0.236. The van der Waals surface area contributed by atoms with Crippen molar-refractivity contribution < 1.29 is 13.2 Å². The summed E-state index contributed by atoms with van der Waals surface area (Å²) in [5.41, 5.74) is 0.242. The topological polar surface area (TPSA) is 0 Å². The van der Waals surface area contributed by atoms with E-state index in [0.717, 1.165) is 37.7 Å². The van der Waals surface area contributed by atoms with E-state index in [0.29, 0.717) is 12.0 Å². The molecule has 1 aliphatic carbocycles. The van der Waals surface area contributed by atoms with E-state index >= 15 is 0 Å². The number of unbranched alkanes of at least 4 members (excludes halogenated alkanes) is 1. The second-order valence-electron chi connectivity index (χ2n) is 6.11. The first-order chi connectivity index (χ1) is 10.0. The number of rotatable bonds is 5. The van der Waals surface area contributed by atoms with Crippen molar-refractivity contribution in [3.63, 3.8) is 0 Å². The molecule has 0 aliphatic heterocycles. The van der Waals surface area contributed by atoms with Crippen LogP contribution in [0, 0.1) is 29.3 Å². The largest absolute Gasteiger partial charge is 0.207 e.